The van der Waals surface area contributed by atoms with Gasteiger partial charge < -0.3 is 4.74 Å². The topological polar surface area (TPSA) is 9.23 Å². The van der Waals surface area contributed by atoms with Crippen molar-refractivity contribution in [1.29, 1.82) is 0 Å². The van der Waals surface area contributed by atoms with Crippen molar-refractivity contribution in [2.45, 2.75) is 55.4 Å². The molecule has 0 amide bonds. The average molecular weight is 226 g/mol. The van der Waals surface area contributed by atoms with E-state index in [4.69, 9.17) is 4.74 Å². The predicted molar refractivity (Wildman–Crippen MR) is 74.5 cm³/mol. The highest BCUT2D eigenvalue weighted by molar-refractivity contribution is 5.04. The van der Waals surface area contributed by atoms with Gasteiger partial charge in [0, 0.05) is 5.92 Å². The Balaban J connectivity index is 0. The summed E-state index contributed by atoms with van der Waals surface area (Å²) in [5.74, 6) is 2.33. The minimum Gasteiger partial charge on any atom is -0.501 e. The molecule has 0 N–H and O–H groups in total. The van der Waals surface area contributed by atoms with Crippen molar-refractivity contribution in [3.8, 4) is 0 Å². The first kappa shape index (κ1) is 17.7. The van der Waals surface area contributed by atoms with Crippen molar-refractivity contribution in [3.05, 3.63) is 23.0 Å². The van der Waals surface area contributed by atoms with Crippen LogP contribution >= 0.6 is 0 Å². The van der Waals surface area contributed by atoms with Crippen molar-refractivity contribution in [2.24, 2.45) is 11.8 Å². The molecule has 0 rings (SSSR count). The molecule has 0 spiro atoms. The summed E-state index contributed by atoms with van der Waals surface area (Å²) in [5.41, 5.74) is 2.68. The summed E-state index contributed by atoms with van der Waals surface area (Å²) in [6.07, 6.45) is 2.25. The van der Waals surface area contributed by atoms with E-state index in [0.717, 1.165) is 5.76 Å². The fourth-order valence-corrected chi connectivity index (χ4v) is 1.68. The van der Waals surface area contributed by atoms with E-state index in [0.29, 0.717) is 11.8 Å². The van der Waals surface area contributed by atoms with Gasteiger partial charge in [-0.2, -0.15) is 0 Å². The maximum Gasteiger partial charge on any atom is 0.0967 e. The Morgan fingerprint density at radius 2 is 1.38 bits per heavy atom. The molecule has 1 heteroatoms. The molecule has 0 aliphatic heterocycles. The monoisotopic (exact) mass is 226 g/mol. The molecule has 0 saturated carbocycles. The van der Waals surface area contributed by atoms with Crippen molar-refractivity contribution in [1.82, 2.24) is 0 Å². The van der Waals surface area contributed by atoms with Crippen LogP contribution in [0.3, 0.4) is 0 Å². The van der Waals surface area contributed by atoms with Crippen LogP contribution in [0.5, 0.6) is 0 Å². The van der Waals surface area contributed by atoms with Crippen LogP contribution < -0.4 is 0 Å². The van der Waals surface area contributed by atoms with E-state index in [1.54, 1.807) is 7.11 Å². The number of ether oxygens (including phenoxy) is 1. The first-order valence-electron chi connectivity index (χ1n) is 6.08. The van der Waals surface area contributed by atoms with Gasteiger partial charge in [0.25, 0.3) is 0 Å². The molecule has 96 valence electrons. The zero-order valence-corrected chi connectivity index (χ0v) is 12.6. The Hall–Kier alpha value is -0.720. The lowest BCUT2D eigenvalue weighted by molar-refractivity contribution is 0.249. The molecule has 16 heavy (non-hydrogen) atoms. The van der Waals surface area contributed by atoms with Gasteiger partial charge in [-0.15, -0.1) is 0 Å². The molecular weight excluding hydrogens is 196 g/mol. The lowest BCUT2D eigenvalue weighted by atomic mass is 10.1. The Morgan fingerprint density at radius 3 is 1.38 bits per heavy atom. The van der Waals surface area contributed by atoms with Gasteiger partial charge in [-0.1, -0.05) is 39.3 Å². The molecule has 0 aromatic carbocycles. The molecule has 0 aromatic heterocycles. The Kier molecular flexibility index (Phi) is 10.5. The fourth-order valence-electron chi connectivity index (χ4n) is 1.68. The van der Waals surface area contributed by atoms with E-state index in [1.807, 2.05) is 0 Å². The third kappa shape index (κ3) is 11.4. The Labute approximate surface area is 103 Å². The van der Waals surface area contributed by atoms with Crippen LogP contribution in [0.15, 0.2) is 23.0 Å². The van der Waals surface area contributed by atoms with Gasteiger partial charge in [0.05, 0.1) is 12.9 Å². The molecule has 0 bridgehead atoms. The first-order chi connectivity index (χ1) is 7.22. The van der Waals surface area contributed by atoms with Crippen molar-refractivity contribution in [3.63, 3.8) is 0 Å². The van der Waals surface area contributed by atoms with Crippen LogP contribution in [-0.4, -0.2) is 7.11 Å². The van der Waals surface area contributed by atoms with E-state index in [2.05, 4.69) is 61.5 Å². The third-order valence-electron chi connectivity index (χ3n) is 1.90. The minimum absolute atomic E-state index is 0.514. The van der Waals surface area contributed by atoms with Crippen molar-refractivity contribution < 1.29 is 4.74 Å². The zero-order chi connectivity index (χ0) is 13.3. The number of allylic oxidation sites excluding steroid dienone is 4. The highest BCUT2D eigenvalue weighted by Crippen LogP contribution is 2.13. The molecule has 0 unspecified atom stereocenters. The summed E-state index contributed by atoms with van der Waals surface area (Å²) in [7, 11) is 1.72. The summed E-state index contributed by atoms with van der Waals surface area (Å²) in [4.78, 5) is 0. The Bertz CT molecular complexity index is 224. The van der Waals surface area contributed by atoms with Crippen LogP contribution in [0, 0.1) is 11.8 Å². The zero-order valence-electron chi connectivity index (χ0n) is 12.6. The largest absolute Gasteiger partial charge is 0.501 e. The quantitative estimate of drug-likeness (QED) is 0.475. The van der Waals surface area contributed by atoms with E-state index in [-0.39, 0.29) is 0 Å². The maximum atomic E-state index is 5.15. The lowest BCUT2D eigenvalue weighted by Crippen LogP contribution is -1.98. The van der Waals surface area contributed by atoms with Gasteiger partial charge in [-0.05, 0) is 39.2 Å². The maximum absolute atomic E-state index is 5.15. The molecule has 0 heterocycles. The average Bonchev–Trinajstić information content (AvgIpc) is 2.01. The smallest absolute Gasteiger partial charge is 0.0967 e. The molecular formula is C15H30O. The number of methoxy groups -OCH3 is 1. The highest BCUT2D eigenvalue weighted by Gasteiger charge is 2.02. The van der Waals surface area contributed by atoms with Crippen LogP contribution in [0.25, 0.3) is 0 Å². The number of rotatable bonds is 3. The molecule has 0 aliphatic carbocycles. The van der Waals surface area contributed by atoms with Crippen molar-refractivity contribution in [2.75, 3.05) is 7.11 Å². The fraction of sp³-hybridized carbons (Fsp3) is 0.733. The summed E-state index contributed by atoms with van der Waals surface area (Å²) in [6.45, 7) is 17.0. The minimum atomic E-state index is 0.514. The van der Waals surface area contributed by atoms with Crippen LogP contribution in [0.4, 0.5) is 0 Å². The summed E-state index contributed by atoms with van der Waals surface area (Å²) in [5, 5.41) is 0. The van der Waals surface area contributed by atoms with E-state index in [9.17, 15) is 0 Å². The SMILES string of the molecule is CC(C)=CC(C)C.COC(=C(C)C)C(C)C. The molecule has 0 saturated heterocycles. The summed E-state index contributed by atoms with van der Waals surface area (Å²) < 4.78 is 5.15. The second-order valence-electron chi connectivity index (χ2n) is 5.21. The summed E-state index contributed by atoms with van der Waals surface area (Å²) >= 11 is 0. The first-order valence-corrected chi connectivity index (χ1v) is 6.08. The van der Waals surface area contributed by atoms with Gasteiger partial charge in [0.1, 0.15) is 0 Å². The van der Waals surface area contributed by atoms with E-state index in [1.165, 1.54) is 11.1 Å². The molecule has 0 aliphatic rings. The molecule has 1 nitrogen and oxygen atoms in total. The number of hydrogen-bond donors (Lipinski definition) is 0. The van der Waals surface area contributed by atoms with Gasteiger partial charge in [0.15, 0.2) is 0 Å². The van der Waals surface area contributed by atoms with Crippen molar-refractivity contribution >= 4 is 0 Å². The third-order valence-corrected chi connectivity index (χ3v) is 1.90. The van der Waals surface area contributed by atoms with Gasteiger partial charge in [-0.3, -0.25) is 0 Å². The molecule has 0 atom stereocenters. The second kappa shape index (κ2) is 9.50. The molecule has 0 radical (unpaired) electrons. The predicted octanol–water partition coefficient (Wildman–Crippen LogP) is 5.19. The van der Waals surface area contributed by atoms with E-state index < -0.39 is 0 Å². The van der Waals surface area contributed by atoms with Gasteiger partial charge >= 0.3 is 0 Å². The summed E-state index contributed by atoms with van der Waals surface area (Å²) in [6, 6.07) is 0. The van der Waals surface area contributed by atoms with Crippen LogP contribution in [0.2, 0.25) is 0 Å². The van der Waals surface area contributed by atoms with Gasteiger partial charge in [-0.25, -0.2) is 0 Å². The van der Waals surface area contributed by atoms with Crippen LogP contribution in [0.1, 0.15) is 55.4 Å². The molecule has 0 aromatic rings. The lowest BCUT2D eigenvalue weighted by Gasteiger charge is -2.10. The highest BCUT2D eigenvalue weighted by atomic mass is 16.5. The van der Waals surface area contributed by atoms with E-state index >= 15 is 0 Å². The normalized spacial score (nSPS) is 9.44. The standard InChI is InChI=1S/C8H16O.C7H14/c1-6(2)8(9-5)7(3)4;1-6(2)5-7(3)4/h6H,1-5H3;5-6H,1-4H3. The second-order valence-corrected chi connectivity index (χ2v) is 5.21. The van der Waals surface area contributed by atoms with Crippen LogP contribution in [-0.2, 0) is 4.74 Å². The number of hydrogen-bond acceptors (Lipinski definition) is 1. The molecule has 0 fully saturated rings. The van der Waals surface area contributed by atoms with Gasteiger partial charge in [0.2, 0.25) is 0 Å². The Morgan fingerprint density at radius 1 is 0.938 bits per heavy atom.